The first-order valence-corrected chi connectivity index (χ1v) is 9.71. The largest absolute Gasteiger partial charge is 0.486 e. The van der Waals surface area contributed by atoms with E-state index in [9.17, 15) is 4.79 Å². The number of ether oxygens (including phenoxy) is 2. The van der Waals surface area contributed by atoms with Gasteiger partial charge in [-0.05, 0) is 36.2 Å². The Morgan fingerprint density at radius 2 is 1.82 bits per heavy atom. The van der Waals surface area contributed by atoms with Crippen molar-refractivity contribution in [1.82, 2.24) is 14.8 Å². The number of aromatic nitrogens is 1. The number of aryl methyl sites for hydroxylation is 1. The molecule has 2 aromatic rings. The zero-order chi connectivity index (χ0) is 19.3. The molecule has 1 aromatic carbocycles. The number of hydrogen-bond donors (Lipinski definition) is 1. The number of carbonyl (C=O) groups excluding carboxylic acids is 1. The van der Waals surface area contributed by atoms with E-state index >= 15 is 0 Å². The molecule has 0 atom stereocenters. The fraction of sp³-hybridized carbons (Fsp3) is 0.429. The molecule has 2 aliphatic heterocycles. The Kier molecular flexibility index (Phi) is 5.73. The average molecular weight is 382 g/mol. The molecule has 28 heavy (non-hydrogen) atoms. The van der Waals surface area contributed by atoms with Gasteiger partial charge in [-0.25, -0.2) is 0 Å². The fourth-order valence-electron chi connectivity index (χ4n) is 3.53. The van der Waals surface area contributed by atoms with Crippen molar-refractivity contribution in [3.8, 4) is 11.5 Å². The van der Waals surface area contributed by atoms with E-state index in [-0.39, 0.29) is 5.91 Å². The van der Waals surface area contributed by atoms with Crippen molar-refractivity contribution in [2.75, 3.05) is 51.3 Å². The Labute approximate surface area is 165 Å². The van der Waals surface area contributed by atoms with Gasteiger partial charge in [0.05, 0.1) is 6.54 Å². The molecule has 0 aliphatic carbocycles. The second-order valence-corrected chi connectivity index (χ2v) is 7.26. The first-order chi connectivity index (χ1) is 13.7. The van der Waals surface area contributed by atoms with E-state index in [1.165, 1.54) is 11.1 Å². The molecule has 4 rings (SSSR count). The lowest BCUT2D eigenvalue weighted by atomic mass is 10.1. The Morgan fingerprint density at radius 3 is 2.61 bits per heavy atom. The minimum atomic E-state index is -0.00627. The number of anilines is 1. The van der Waals surface area contributed by atoms with E-state index in [0.29, 0.717) is 25.5 Å². The summed E-state index contributed by atoms with van der Waals surface area (Å²) in [5, 5.41) is 2.96. The number of hydrogen-bond acceptors (Lipinski definition) is 6. The van der Waals surface area contributed by atoms with Crippen molar-refractivity contribution in [1.29, 1.82) is 0 Å². The third-order valence-corrected chi connectivity index (χ3v) is 5.20. The smallest absolute Gasteiger partial charge is 0.238 e. The predicted molar refractivity (Wildman–Crippen MR) is 107 cm³/mol. The summed E-state index contributed by atoms with van der Waals surface area (Å²) in [6, 6.07) is 7.55. The van der Waals surface area contributed by atoms with E-state index in [4.69, 9.17) is 9.47 Å². The summed E-state index contributed by atoms with van der Waals surface area (Å²) in [5.41, 5.74) is 3.28. The van der Waals surface area contributed by atoms with Crippen LogP contribution in [0.2, 0.25) is 0 Å². The van der Waals surface area contributed by atoms with E-state index in [0.717, 1.165) is 44.2 Å². The molecular formula is C21H26N4O3. The number of piperazine rings is 1. The maximum Gasteiger partial charge on any atom is 0.238 e. The summed E-state index contributed by atoms with van der Waals surface area (Å²) in [4.78, 5) is 21.3. The van der Waals surface area contributed by atoms with Crippen LogP contribution in [0.25, 0.3) is 0 Å². The van der Waals surface area contributed by atoms with Crippen LogP contribution in [0.1, 0.15) is 11.1 Å². The molecule has 1 N–H and O–H groups in total. The van der Waals surface area contributed by atoms with Crippen LogP contribution in [0.5, 0.6) is 11.5 Å². The van der Waals surface area contributed by atoms with Gasteiger partial charge >= 0.3 is 0 Å². The van der Waals surface area contributed by atoms with Gasteiger partial charge in [0.25, 0.3) is 0 Å². The van der Waals surface area contributed by atoms with Gasteiger partial charge in [0, 0.05) is 56.9 Å². The summed E-state index contributed by atoms with van der Waals surface area (Å²) < 4.78 is 11.1. The summed E-state index contributed by atoms with van der Waals surface area (Å²) in [6.07, 6.45) is 3.78. The number of nitrogens with zero attached hydrogens (tertiary/aromatic N) is 3. The highest BCUT2D eigenvalue weighted by Crippen LogP contribution is 2.32. The quantitative estimate of drug-likeness (QED) is 0.852. The number of amides is 1. The molecule has 7 heteroatoms. The van der Waals surface area contributed by atoms with Gasteiger partial charge in [-0.1, -0.05) is 0 Å². The lowest BCUT2D eigenvalue weighted by Crippen LogP contribution is -2.48. The van der Waals surface area contributed by atoms with E-state index in [2.05, 4.69) is 27.0 Å². The van der Waals surface area contributed by atoms with Gasteiger partial charge in [-0.15, -0.1) is 0 Å². The number of carbonyl (C=O) groups is 1. The highest BCUT2D eigenvalue weighted by molar-refractivity contribution is 5.92. The van der Waals surface area contributed by atoms with Gasteiger partial charge in [0.1, 0.15) is 13.2 Å². The van der Waals surface area contributed by atoms with Crippen LogP contribution in [0, 0.1) is 6.92 Å². The SMILES string of the molecule is Cc1ccncc1CN1CCN(CC(=O)Nc2ccc3c(c2)OCCO3)CC1. The molecule has 3 heterocycles. The van der Waals surface area contributed by atoms with Crippen LogP contribution >= 0.6 is 0 Å². The maximum atomic E-state index is 12.4. The summed E-state index contributed by atoms with van der Waals surface area (Å²) in [5.74, 6) is 1.40. The number of rotatable bonds is 5. The van der Waals surface area contributed by atoms with Crippen molar-refractivity contribution < 1.29 is 14.3 Å². The summed E-state index contributed by atoms with van der Waals surface area (Å²) >= 11 is 0. The van der Waals surface area contributed by atoms with Crippen LogP contribution in [0.3, 0.4) is 0 Å². The van der Waals surface area contributed by atoms with Crippen LogP contribution in [0.4, 0.5) is 5.69 Å². The average Bonchev–Trinajstić information content (AvgIpc) is 2.71. The highest BCUT2D eigenvalue weighted by atomic mass is 16.6. The third-order valence-electron chi connectivity index (χ3n) is 5.20. The van der Waals surface area contributed by atoms with E-state index < -0.39 is 0 Å². The van der Waals surface area contributed by atoms with Crippen molar-refractivity contribution >= 4 is 11.6 Å². The highest BCUT2D eigenvalue weighted by Gasteiger charge is 2.20. The van der Waals surface area contributed by atoms with Crippen LogP contribution in [-0.2, 0) is 11.3 Å². The third kappa shape index (κ3) is 4.61. The Morgan fingerprint density at radius 1 is 1.07 bits per heavy atom. The molecule has 148 valence electrons. The molecule has 2 aliphatic rings. The van der Waals surface area contributed by atoms with Crippen LogP contribution in [-0.4, -0.2) is 66.6 Å². The Balaban J connectivity index is 1.24. The van der Waals surface area contributed by atoms with Crippen LogP contribution < -0.4 is 14.8 Å². The number of fused-ring (bicyclic) bond motifs is 1. The molecule has 0 saturated carbocycles. The molecule has 1 amide bonds. The molecule has 0 radical (unpaired) electrons. The topological polar surface area (TPSA) is 66.9 Å². The van der Waals surface area contributed by atoms with Gasteiger partial charge in [0.2, 0.25) is 5.91 Å². The minimum absolute atomic E-state index is 0.00627. The molecule has 0 spiro atoms. The molecule has 0 unspecified atom stereocenters. The van der Waals surface area contributed by atoms with Gasteiger partial charge in [-0.3, -0.25) is 19.6 Å². The lowest BCUT2D eigenvalue weighted by molar-refractivity contribution is -0.117. The van der Waals surface area contributed by atoms with Gasteiger partial charge < -0.3 is 14.8 Å². The molecule has 7 nitrogen and oxygen atoms in total. The van der Waals surface area contributed by atoms with Crippen molar-refractivity contribution in [2.45, 2.75) is 13.5 Å². The Hall–Kier alpha value is -2.64. The van der Waals surface area contributed by atoms with E-state index in [1.807, 2.05) is 36.7 Å². The second kappa shape index (κ2) is 8.58. The van der Waals surface area contributed by atoms with Crippen LogP contribution in [0.15, 0.2) is 36.7 Å². The number of pyridine rings is 1. The molecular weight excluding hydrogens is 356 g/mol. The Bertz CT molecular complexity index is 834. The monoisotopic (exact) mass is 382 g/mol. The van der Waals surface area contributed by atoms with Gasteiger partial charge in [0.15, 0.2) is 11.5 Å². The van der Waals surface area contributed by atoms with Crippen molar-refractivity contribution in [2.24, 2.45) is 0 Å². The standard InChI is InChI=1S/C21H26N4O3/c1-16-4-5-22-13-17(16)14-24-6-8-25(9-7-24)15-21(26)23-18-2-3-19-20(12-18)28-11-10-27-19/h2-5,12-13H,6-11,14-15H2,1H3,(H,23,26). The van der Waals surface area contributed by atoms with Crippen molar-refractivity contribution in [3.05, 3.63) is 47.8 Å². The normalized spacial score (nSPS) is 17.3. The minimum Gasteiger partial charge on any atom is -0.486 e. The zero-order valence-corrected chi connectivity index (χ0v) is 16.2. The molecule has 1 saturated heterocycles. The first-order valence-electron chi connectivity index (χ1n) is 9.71. The number of benzene rings is 1. The molecule has 0 bridgehead atoms. The lowest BCUT2D eigenvalue weighted by Gasteiger charge is -2.34. The summed E-state index contributed by atoms with van der Waals surface area (Å²) in [7, 11) is 0. The molecule has 1 aromatic heterocycles. The second-order valence-electron chi connectivity index (χ2n) is 7.26. The fourth-order valence-corrected chi connectivity index (χ4v) is 3.53. The predicted octanol–water partition coefficient (Wildman–Crippen LogP) is 1.92. The zero-order valence-electron chi connectivity index (χ0n) is 16.2. The first kappa shape index (κ1) is 18.7. The number of nitrogens with one attached hydrogen (secondary N) is 1. The van der Waals surface area contributed by atoms with Crippen molar-refractivity contribution in [3.63, 3.8) is 0 Å². The van der Waals surface area contributed by atoms with E-state index in [1.54, 1.807) is 0 Å². The van der Waals surface area contributed by atoms with Gasteiger partial charge in [-0.2, -0.15) is 0 Å². The maximum absolute atomic E-state index is 12.4. The summed E-state index contributed by atoms with van der Waals surface area (Å²) in [6.45, 7) is 8.19. The molecule has 1 fully saturated rings.